The molecule has 0 N–H and O–H groups in total. The molecule has 0 aromatic rings. The lowest BCUT2D eigenvalue weighted by Crippen LogP contribution is -2.28. The first kappa shape index (κ1) is 9.25. The van der Waals surface area contributed by atoms with Crippen molar-refractivity contribution in [3.05, 3.63) is 35.7 Å². The zero-order valence-electron chi connectivity index (χ0n) is 8.83. The number of nitrogens with zero attached hydrogens (tertiary/aromatic N) is 2. The van der Waals surface area contributed by atoms with Crippen LogP contribution in [0, 0.1) is 0 Å². The van der Waals surface area contributed by atoms with E-state index in [0.29, 0.717) is 0 Å². The second-order valence-corrected chi connectivity index (χ2v) is 3.69. The van der Waals surface area contributed by atoms with Crippen molar-refractivity contribution in [2.45, 2.75) is 20.3 Å². The summed E-state index contributed by atoms with van der Waals surface area (Å²) in [6.45, 7) is 6.16. The third-order valence-corrected chi connectivity index (χ3v) is 2.66. The summed E-state index contributed by atoms with van der Waals surface area (Å²) in [5.41, 5.74) is 3.75. The Bertz CT molecular complexity index is 345. The minimum Gasteiger partial charge on any atom is -0.340 e. The van der Waals surface area contributed by atoms with E-state index in [0.717, 1.165) is 19.5 Å². The van der Waals surface area contributed by atoms with Crippen LogP contribution in [0.1, 0.15) is 20.3 Å². The Morgan fingerprint density at radius 2 is 2.21 bits per heavy atom. The van der Waals surface area contributed by atoms with Crippen LogP contribution in [0.3, 0.4) is 0 Å². The van der Waals surface area contributed by atoms with Gasteiger partial charge in [-0.2, -0.15) is 0 Å². The van der Waals surface area contributed by atoms with Gasteiger partial charge in [-0.15, -0.1) is 0 Å². The van der Waals surface area contributed by atoms with Gasteiger partial charge in [-0.25, -0.2) is 0 Å². The quantitative estimate of drug-likeness (QED) is 0.617. The predicted octanol–water partition coefficient (Wildman–Crippen LogP) is 2.51. The Labute approximate surface area is 85.3 Å². The standard InChI is InChI=1S/C12H16N2/c1-10-6-3-4-9-14(10)12-7-5-8-13-11(12)2/h3-4,6-7H,5,8-9H2,1-2H3. The van der Waals surface area contributed by atoms with Crippen LogP contribution in [0.2, 0.25) is 0 Å². The van der Waals surface area contributed by atoms with Crippen LogP contribution in [0.15, 0.2) is 40.7 Å². The monoisotopic (exact) mass is 188 g/mol. The molecular formula is C12H16N2. The molecule has 0 spiro atoms. The van der Waals surface area contributed by atoms with Crippen molar-refractivity contribution in [1.82, 2.24) is 4.90 Å². The van der Waals surface area contributed by atoms with E-state index in [-0.39, 0.29) is 0 Å². The van der Waals surface area contributed by atoms with Crippen molar-refractivity contribution in [2.75, 3.05) is 13.1 Å². The molecule has 0 bridgehead atoms. The maximum Gasteiger partial charge on any atom is 0.0582 e. The molecular weight excluding hydrogens is 172 g/mol. The molecule has 0 amide bonds. The van der Waals surface area contributed by atoms with Gasteiger partial charge in [0.05, 0.1) is 11.4 Å². The number of aliphatic imine (C=N–C) groups is 1. The van der Waals surface area contributed by atoms with Crippen LogP contribution in [0.4, 0.5) is 0 Å². The number of allylic oxidation sites excluding steroid dienone is 4. The fraction of sp³-hybridized carbons (Fsp3) is 0.417. The van der Waals surface area contributed by atoms with Gasteiger partial charge in [-0.1, -0.05) is 18.2 Å². The van der Waals surface area contributed by atoms with Crippen molar-refractivity contribution in [3.8, 4) is 0 Å². The minimum absolute atomic E-state index is 0.946. The van der Waals surface area contributed by atoms with E-state index in [1.54, 1.807) is 0 Å². The average molecular weight is 188 g/mol. The summed E-state index contributed by atoms with van der Waals surface area (Å²) in [7, 11) is 0. The molecule has 2 aliphatic rings. The number of hydrogen-bond acceptors (Lipinski definition) is 2. The summed E-state index contributed by atoms with van der Waals surface area (Å²) in [5, 5.41) is 0. The van der Waals surface area contributed by atoms with Gasteiger partial charge in [0.1, 0.15) is 0 Å². The van der Waals surface area contributed by atoms with Crippen LogP contribution >= 0.6 is 0 Å². The van der Waals surface area contributed by atoms with Gasteiger partial charge in [0.25, 0.3) is 0 Å². The van der Waals surface area contributed by atoms with Crippen molar-refractivity contribution in [1.29, 1.82) is 0 Å². The zero-order valence-corrected chi connectivity index (χ0v) is 8.83. The fourth-order valence-electron chi connectivity index (χ4n) is 1.86. The van der Waals surface area contributed by atoms with Gasteiger partial charge in [0.2, 0.25) is 0 Å². The van der Waals surface area contributed by atoms with Gasteiger partial charge in [-0.3, -0.25) is 4.99 Å². The van der Waals surface area contributed by atoms with Crippen molar-refractivity contribution in [2.24, 2.45) is 4.99 Å². The van der Waals surface area contributed by atoms with E-state index in [2.05, 4.69) is 48.0 Å². The van der Waals surface area contributed by atoms with Crippen molar-refractivity contribution >= 4 is 5.71 Å². The highest BCUT2D eigenvalue weighted by Gasteiger charge is 2.15. The van der Waals surface area contributed by atoms with Gasteiger partial charge in [-0.05, 0) is 26.3 Å². The summed E-state index contributed by atoms with van der Waals surface area (Å²) < 4.78 is 0. The van der Waals surface area contributed by atoms with E-state index >= 15 is 0 Å². The van der Waals surface area contributed by atoms with Crippen LogP contribution in [0.5, 0.6) is 0 Å². The molecule has 0 radical (unpaired) electrons. The zero-order chi connectivity index (χ0) is 9.97. The second-order valence-electron chi connectivity index (χ2n) is 3.69. The predicted molar refractivity (Wildman–Crippen MR) is 60.3 cm³/mol. The van der Waals surface area contributed by atoms with Gasteiger partial charge in [0.15, 0.2) is 0 Å². The third kappa shape index (κ3) is 1.65. The summed E-state index contributed by atoms with van der Waals surface area (Å²) in [6, 6.07) is 0. The highest BCUT2D eigenvalue weighted by molar-refractivity contribution is 5.98. The molecule has 2 heteroatoms. The third-order valence-electron chi connectivity index (χ3n) is 2.66. The van der Waals surface area contributed by atoms with E-state index in [1.807, 2.05) is 0 Å². The minimum atomic E-state index is 0.946. The Morgan fingerprint density at radius 1 is 1.36 bits per heavy atom. The lowest BCUT2D eigenvalue weighted by molar-refractivity contribution is 0.485. The highest BCUT2D eigenvalue weighted by Crippen LogP contribution is 2.20. The normalized spacial score (nSPS) is 21.6. The molecule has 74 valence electrons. The molecule has 2 rings (SSSR count). The van der Waals surface area contributed by atoms with Crippen molar-refractivity contribution in [3.63, 3.8) is 0 Å². The van der Waals surface area contributed by atoms with E-state index in [1.165, 1.54) is 17.1 Å². The maximum absolute atomic E-state index is 4.48. The fourth-order valence-corrected chi connectivity index (χ4v) is 1.86. The number of rotatable bonds is 1. The molecule has 0 aromatic heterocycles. The Kier molecular flexibility index (Phi) is 2.53. The second kappa shape index (κ2) is 3.82. The Morgan fingerprint density at radius 3 is 2.93 bits per heavy atom. The van der Waals surface area contributed by atoms with Crippen LogP contribution in [-0.2, 0) is 0 Å². The largest absolute Gasteiger partial charge is 0.340 e. The summed E-state index contributed by atoms with van der Waals surface area (Å²) in [6.07, 6.45) is 9.79. The smallest absolute Gasteiger partial charge is 0.0582 e. The lowest BCUT2D eigenvalue weighted by Gasteiger charge is -2.30. The molecule has 2 nitrogen and oxygen atoms in total. The highest BCUT2D eigenvalue weighted by atomic mass is 15.2. The lowest BCUT2D eigenvalue weighted by atomic mass is 10.1. The average Bonchev–Trinajstić information content (AvgIpc) is 2.20. The van der Waals surface area contributed by atoms with E-state index in [4.69, 9.17) is 0 Å². The molecule has 0 atom stereocenters. The van der Waals surface area contributed by atoms with Crippen LogP contribution in [0.25, 0.3) is 0 Å². The van der Waals surface area contributed by atoms with Gasteiger partial charge < -0.3 is 4.90 Å². The molecule has 0 saturated heterocycles. The summed E-state index contributed by atoms with van der Waals surface area (Å²) in [4.78, 5) is 6.79. The van der Waals surface area contributed by atoms with Crippen molar-refractivity contribution < 1.29 is 0 Å². The Hall–Kier alpha value is -1.31. The molecule has 0 fully saturated rings. The first-order valence-electron chi connectivity index (χ1n) is 5.11. The Balaban J connectivity index is 2.23. The molecule has 0 aromatic carbocycles. The first-order valence-corrected chi connectivity index (χ1v) is 5.11. The summed E-state index contributed by atoms with van der Waals surface area (Å²) in [5.74, 6) is 0. The number of dihydropyridines is 1. The maximum atomic E-state index is 4.48. The molecule has 14 heavy (non-hydrogen) atoms. The van der Waals surface area contributed by atoms with Gasteiger partial charge in [0, 0.05) is 18.8 Å². The molecule has 0 saturated carbocycles. The SMILES string of the molecule is CC1=CC=CCN1C1=CCCN=C1C. The molecule has 0 unspecified atom stereocenters. The molecule has 0 aliphatic carbocycles. The molecule has 2 heterocycles. The first-order chi connectivity index (χ1) is 6.79. The molecule has 2 aliphatic heterocycles. The van der Waals surface area contributed by atoms with Gasteiger partial charge >= 0.3 is 0 Å². The van der Waals surface area contributed by atoms with Crippen LogP contribution < -0.4 is 0 Å². The van der Waals surface area contributed by atoms with E-state index < -0.39 is 0 Å². The topological polar surface area (TPSA) is 15.6 Å². The van der Waals surface area contributed by atoms with Crippen LogP contribution in [-0.4, -0.2) is 23.7 Å². The van der Waals surface area contributed by atoms with E-state index in [9.17, 15) is 0 Å². The number of hydrogen-bond donors (Lipinski definition) is 0. The summed E-state index contributed by atoms with van der Waals surface area (Å²) >= 11 is 0.